The van der Waals surface area contributed by atoms with Crippen LogP contribution in [0.5, 0.6) is 0 Å². The van der Waals surface area contributed by atoms with E-state index in [1.54, 1.807) is 6.08 Å². The van der Waals surface area contributed by atoms with Gasteiger partial charge in [0, 0.05) is 6.42 Å². The van der Waals surface area contributed by atoms with Crippen LogP contribution in [0.1, 0.15) is 142 Å². The fraction of sp³-hybridized carbons (Fsp3) is 0.909. The third-order valence-electron chi connectivity index (χ3n) is 7.51. The lowest BCUT2D eigenvalue weighted by Crippen LogP contribution is -2.45. The van der Waals surface area contributed by atoms with Gasteiger partial charge < -0.3 is 19.8 Å². The molecule has 0 spiro atoms. The van der Waals surface area contributed by atoms with Crippen LogP contribution >= 0.6 is 7.82 Å². The molecule has 8 nitrogen and oxygen atoms in total. The van der Waals surface area contributed by atoms with E-state index in [0.717, 1.165) is 32.1 Å². The van der Waals surface area contributed by atoms with Gasteiger partial charge in [0.15, 0.2) is 0 Å². The lowest BCUT2D eigenvalue weighted by Gasteiger charge is -2.25. The highest BCUT2D eigenvalue weighted by Gasteiger charge is 2.27. The van der Waals surface area contributed by atoms with E-state index in [1.165, 1.54) is 89.9 Å². The van der Waals surface area contributed by atoms with Gasteiger partial charge in [-0.25, -0.2) is 4.57 Å². The summed E-state index contributed by atoms with van der Waals surface area (Å²) in [6.07, 6.45) is 26.7. The minimum atomic E-state index is -4.30. The quantitative estimate of drug-likeness (QED) is 0.0325. The maximum absolute atomic E-state index is 12.3. The van der Waals surface area contributed by atoms with Gasteiger partial charge in [0.05, 0.1) is 39.9 Å². The number of aliphatic hydroxyl groups excluding tert-OH is 1. The monoisotopic (exact) mass is 619 g/mol. The molecule has 0 aromatic rings. The van der Waals surface area contributed by atoms with Crippen molar-refractivity contribution < 1.29 is 32.9 Å². The third-order valence-corrected chi connectivity index (χ3v) is 8.49. The van der Waals surface area contributed by atoms with E-state index in [9.17, 15) is 19.4 Å². The number of phosphoric ester groups is 1. The second-order valence-corrected chi connectivity index (χ2v) is 14.4. The Morgan fingerprint density at radius 3 is 1.74 bits per heavy atom. The highest BCUT2D eigenvalue weighted by molar-refractivity contribution is 7.47. The normalized spacial score (nSPS) is 15.1. The van der Waals surface area contributed by atoms with E-state index < -0.39 is 20.0 Å². The maximum atomic E-state index is 12.3. The van der Waals surface area contributed by atoms with Crippen LogP contribution < -0.4 is 5.32 Å². The van der Waals surface area contributed by atoms with Crippen molar-refractivity contribution in [2.24, 2.45) is 0 Å². The topological polar surface area (TPSA) is 105 Å². The minimum Gasteiger partial charge on any atom is -0.387 e. The fourth-order valence-corrected chi connectivity index (χ4v) is 5.40. The average molecular weight is 620 g/mol. The van der Waals surface area contributed by atoms with Crippen molar-refractivity contribution in [3.63, 3.8) is 0 Å². The number of nitrogens with zero attached hydrogens (tertiary/aromatic N) is 1. The minimum absolute atomic E-state index is 0.0621. The molecule has 0 aliphatic carbocycles. The first-order chi connectivity index (χ1) is 20.0. The zero-order chi connectivity index (χ0) is 31.5. The molecule has 3 atom stereocenters. The number of nitrogens with one attached hydrogen (secondary N) is 1. The van der Waals surface area contributed by atoms with Crippen LogP contribution in [0.3, 0.4) is 0 Å². The van der Waals surface area contributed by atoms with E-state index in [-0.39, 0.29) is 19.1 Å². The van der Waals surface area contributed by atoms with Crippen LogP contribution in [0.25, 0.3) is 0 Å². The van der Waals surface area contributed by atoms with E-state index in [2.05, 4.69) is 12.2 Å². The Morgan fingerprint density at radius 1 is 0.786 bits per heavy atom. The van der Waals surface area contributed by atoms with Gasteiger partial charge in [-0.05, 0) is 19.3 Å². The number of quaternary nitrogens is 1. The molecule has 0 bridgehead atoms. The Morgan fingerprint density at radius 2 is 1.26 bits per heavy atom. The first-order valence-corrected chi connectivity index (χ1v) is 18.6. The number of allylic oxidation sites excluding steroid dienone is 1. The molecule has 1 amide bonds. The van der Waals surface area contributed by atoms with Gasteiger partial charge in [0.1, 0.15) is 13.2 Å². The Bertz CT molecular complexity index is 713. The van der Waals surface area contributed by atoms with Crippen LogP contribution in [0.4, 0.5) is 0 Å². The summed E-state index contributed by atoms with van der Waals surface area (Å²) >= 11 is 0. The summed E-state index contributed by atoms with van der Waals surface area (Å²) in [5.41, 5.74) is 0. The summed E-state index contributed by atoms with van der Waals surface area (Å²) in [4.78, 5) is 22.3. The van der Waals surface area contributed by atoms with Crippen LogP contribution in [0, 0.1) is 0 Å². The number of carbonyl (C=O) groups is 1. The molecule has 3 N–H and O–H groups in total. The summed E-state index contributed by atoms with van der Waals surface area (Å²) in [6.45, 7) is 4.55. The average Bonchev–Trinajstić information content (AvgIpc) is 2.92. The highest BCUT2D eigenvalue weighted by atomic mass is 31.2. The van der Waals surface area contributed by atoms with Crippen molar-refractivity contribution >= 4 is 13.7 Å². The number of aliphatic hydroxyl groups is 1. The van der Waals surface area contributed by atoms with Crippen LogP contribution in [0.15, 0.2) is 12.2 Å². The summed E-state index contributed by atoms with van der Waals surface area (Å²) in [6, 6.07) is -0.834. The van der Waals surface area contributed by atoms with Gasteiger partial charge >= 0.3 is 7.82 Å². The molecule has 250 valence electrons. The number of phosphoric acid groups is 1. The molecule has 3 unspecified atom stereocenters. The van der Waals surface area contributed by atoms with Crippen molar-refractivity contribution in [1.82, 2.24) is 5.32 Å². The maximum Gasteiger partial charge on any atom is 0.472 e. The summed E-state index contributed by atoms with van der Waals surface area (Å²) < 4.78 is 23.1. The molecule has 0 heterocycles. The Kier molecular flexibility index (Phi) is 26.1. The molecule has 0 fully saturated rings. The number of hydrogen-bond acceptors (Lipinski definition) is 5. The van der Waals surface area contributed by atoms with Gasteiger partial charge in [-0.2, -0.15) is 0 Å². The summed E-state index contributed by atoms with van der Waals surface area (Å²) in [7, 11) is 1.57. The third kappa shape index (κ3) is 28.0. The molecule has 0 aromatic carbocycles. The van der Waals surface area contributed by atoms with Crippen LogP contribution in [-0.4, -0.2) is 73.4 Å². The lowest BCUT2D eigenvalue weighted by atomic mass is 10.0. The zero-order valence-corrected chi connectivity index (χ0v) is 28.9. The second-order valence-electron chi connectivity index (χ2n) is 12.9. The predicted molar refractivity (Wildman–Crippen MR) is 175 cm³/mol. The van der Waals surface area contributed by atoms with E-state index >= 15 is 0 Å². The molecule has 0 rings (SSSR count). The standard InChI is InChI=1S/C33H67N2O6P/c1-6-8-10-11-12-13-14-15-16-17-18-19-20-21-22-23-24-25-26-32(36)31(34-33(37)27-9-7-2)30-41-42(38,39)40-29-28-35(3,4)5/h25-26,31-32,36H,6-24,27-30H2,1-5H3,(H-,34,37,38,39)/p+1/b26-25+. The molecule has 0 aromatic heterocycles. The van der Waals surface area contributed by atoms with Gasteiger partial charge in [0.2, 0.25) is 5.91 Å². The largest absolute Gasteiger partial charge is 0.472 e. The van der Waals surface area contributed by atoms with Crippen molar-refractivity contribution in [1.29, 1.82) is 0 Å². The van der Waals surface area contributed by atoms with Crippen molar-refractivity contribution in [3.8, 4) is 0 Å². The predicted octanol–water partition coefficient (Wildman–Crippen LogP) is 8.07. The van der Waals surface area contributed by atoms with E-state index in [0.29, 0.717) is 17.4 Å². The van der Waals surface area contributed by atoms with Crippen molar-refractivity contribution in [2.45, 2.75) is 154 Å². The molecule has 42 heavy (non-hydrogen) atoms. The van der Waals surface area contributed by atoms with Gasteiger partial charge in [-0.15, -0.1) is 0 Å². The smallest absolute Gasteiger partial charge is 0.387 e. The molecule has 0 saturated carbocycles. The van der Waals surface area contributed by atoms with Gasteiger partial charge in [0.25, 0.3) is 0 Å². The molecule has 0 aliphatic rings. The second kappa shape index (κ2) is 26.6. The number of hydrogen-bond donors (Lipinski definition) is 3. The first-order valence-electron chi connectivity index (χ1n) is 17.1. The molecule has 0 aliphatic heterocycles. The lowest BCUT2D eigenvalue weighted by molar-refractivity contribution is -0.870. The Balaban J connectivity index is 4.18. The number of amides is 1. The Hall–Kier alpha value is -0.760. The SMILES string of the molecule is CCCCCCCCCCCCCCCCCC/C=C/C(O)C(COP(=O)(O)OCC[N+](C)(C)C)NC(=O)CCCC. The number of unbranched alkanes of at least 4 members (excludes halogenated alkanes) is 17. The van der Waals surface area contributed by atoms with E-state index in [1.807, 2.05) is 34.1 Å². The van der Waals surface area contributed by atoms with E-state index in [4.69, 9.17) is 9.05 Å². The first kappa shape index (κ1) is 41.2. The van der Waals surface area contributed by atoms with Crippen LogP contribution in [0.2, 0.25) is 0 Å². The molecular formula is C33H68N2O6P+. The summed E-state index contributed by atoms with van der Waals surface area (Å²) in [5.74, 6) is -0.213. The van der Waals surface area contributed by atoms with Crippen LogP contribution in [-0.2, 0) is 18.4 Å². The highest BCUT2D eigenvalue weighted by Crippen LogP contribution is 2.43. The molecule has 0 saturated heterocycles. The van der Waals surface area contributed by atoms with Crippen molar-refractivity contribution in [2.75, 3.05) is 40.9 Å². The number of likely N-dealkylation sites (N-methyl/N-ethyl adjacent to an activating group) is 1. The molecule has 9 heteroatoms. The molecular weight excluding hydrogens is 551 g/mol. The number of rotatable bonds is 30. The number of carbonyl (C=O) groups excluding carboxylic acids is 1. The Labute approximate surface area is 259 Å². The van der Waals surface area contributed by atoms with Gasteiger partial charge in [-0.1, -0.05) is 129 Å². The fourth-order valence-electron chi connectivity index (χ4n) is 4.66. The van der Waals surface area contributed by atoms with Gasteiger partial charge in [-0.3, -0.25) is 13.8 Å². The molecule has 0 radical (unpaired) electrons. The zero-order valence-electron chi connectivity index (χ0n) is 28.0. The summed E-state index contributed by atoms with van der Waals surface area (Å²) in [5, 5.41) is 13.5. The van der Waals surface area contributed by atoms with Crippen molar-refractivity contribution in [3.05, 3.63) is 12.2 Å².